The van der Waals surface area contributed by atoms with E-state index in [1.807, 2.05) is 83.8 Å². The number of benzene rings is 2. The number of halogens is 1. The van der Waals surface area contributed by atoms with Gasteiger partial charge in [0, 0.05) is 17.7 Å². The molecule has 148 valence electrons. The first-order chi connectivity index (χ1) is 13.9. The second-order valence-electron chi connectivity index (χ2n) is 5.89. The Kier molecular flexibility index (Phi) is 6.65. The molecule has 2 aromatic carbocycles. The third-order valence-electron chi connectivity index (χ3n) is 3.79. The minimum Gasteiger partial charge on any atom is -0.222 e. The molecule has 0 aliphatic carbocycles. The van der Waals surface area contributed by atoms with Crippen LogP contribution in [-0.4, -0.2) is 14.8 Å². The zero-order chi connectivity index (χ0) is 20.7. The second kappa shape index (κ2) is 9.37. The van der Waals surface area contributed by atoms with E-state index >= 15 is 0 Å². The van der Waals surface area contributed by atoms with Gasteiger partial charge >= 0.3 is 0 Å². The fraction of sp³-hybridized carbons (Fsp3) is 0.0500. The standard InChI is InChI=1S/C20H17N4.ClHO4/c1-4-10-17(11-5-1)20-21-19(16-23-14-8-3-9-15-23)22-24(20)18-12-6-2-7-13-18;2-1(3,4)5/h1-15H,16H2;(H,2,3,4,5)/q+1;/p-1. The molecule has 0 aliphatic heterocycles. The number of aromatic nitrogens is 4. The van der Waals surface area contributed by atoms with Crippen LogP contribution in [0.5, 0.6) is 0 Å². The summed E-state index contributed by atoms with van der Waals surface area (Å²) in [5, 5.41) is 4.74. The van der Waals surface area contributed by atoms with Gasteiger partial charge < -0.3 is 0 Å². The number of nitrogens with zero attached hydrogens (tertiary/aromatic N) is 4. The molecule has 0 saturated carbocycles. The van der Waals surface area contributed by atoms with Gasteiger partial charge in [-0.3, -0.25) is 0 Å². The third kappa shape index (κ3) is 6.46. The van der Waals surface area contributed by atoms with Crippen LogP contribution in [0.2, 0.25) is 0 Å². The number of hydrogen-bond donors (Lipinski definition) is 0. The van der Waals surface area contributed by atoms with Crippen LogP contribution in [0.3, 0.4) is 0 Å². The monoisotopic (exact) mass is 412 g/mol. The molecule has 0 aliphatic rings. The summed E-state index contributed by atoms with van der Waals surface area (Å²) in [6.07, 6.45) is 4.04. The fourth-order valence-corrected chi connectivity index (χ4v) is 2.65. The molecule has 0 unspecified atom stereocenters. The maximum Gasteiger partial charge on any atom is 0.217 e. The van der Waals surface area contributed by atoms with Crippen LogP contribution in [0.1, 0.15) is 5.82 Å². The zero-order valence-corrected chi connectivity index (χ0v) is 15.9. The fourth-order valence-electron chi connectivity index (χ4n) is 2.65. The van der Waals surface area contributed by atoms with Crippen molar-refractivity contribution in [2.75, 3.05) is 0 Å². The molecular weight excluding hydrogens is 396 g/mol. The van der Waals surface area contributed by atoms with E-state index in [1.165, 1.54) is 0 Å². The summed E-state index contributed by atoms with van der Waals surface area (Å²) in [5.41, 5.74) is 2.06. The maximum absolute atomic E-state index is 8.49. The molecule has 0 N–H and O–H groups in total. The van der Waals surface area contributed by atoms with Crippen LogP contribution in [0.25, 0.3) is 17.1 Å². The summed E-state index contributed by atoms with van der Waals surface area (Å²) in [6, 6.07) is 26.3. The molecule has 0 fully saturated rings. The number of hydrogen-bond acceptors (Lipinski definition) is 6. The van der Waals surface area contributed by atoms with E-state index in [0.717, 1.165) is 22.9 Å². The highest BCUT2D eigenvalue weighted by Crippen LogP contribution is 2.20. The molecule has 0 atom stereocenters. The highest BCUT2D eigenvalue weighted by Gasteiger charge is 2.15. The van der Waals surface area contributed by atoms with E-state index in [1.54, 1.807) is 0 Å². The summed E-state index contributed by atoms with van der Waals surface area (Å²) < 4.78 is 38.0. The Labute approximate surface area is 169 Å². The molecular formula is C20H17ClN4O4. The SMILES string of the molecule is [O-][Cl+3]([O-])([O-])[O-].c1ccc(-c2nc(C[n+]3ccccc3)nn2-c2ccccc2)cc1. The molecule has 0 radical (unpaired) electrons. The van der Waals surface area contributed by atoms with Gasteiger partial charge in [0.25, 0.3) is 0 Å². The van der Waals surface area contributed by atoms with Crippen molar-refractivity contribution in [1.29, 1.82) is 0 Å². The first-order valence-electron chi connectivity index (χ1n) is 8.53. The van der Waals surface area contributed by atoms with Crippen LogP contribution in [0.4, 0.5) is 0 Å². The Hall–Kier alpha value is -3.14. The molecule has 8 nitrogen and oxygen atoms in total. The van der Waals surface area contributed by atoms with Crippen molar-refractivity contribution in [2.24, 2.45) is 0 Å². The third-order valence-corrected chi connectivity index (χ3v) is 3.79. The van der Waals surface area contributed by atoms with Gasteiger partial charge in [0.2, 0.25) is 12.4 Å². The van der Waals surface area contributed by atoms with Crippen LogP contribution >= 0.6 is 0 Å². The second-order valence-corrected chi connectivity index (χ2v) is 6.65. The smallest absolute Gasteiger partial charge is 0.217 e. The van der Waals surface area contributed by atoms with Gasteiger partial charge in [-0.05, 0) is 12.1 Å². The Morgan fingerprint density at radius 3 is 1.86 bits per heavy atom. The average Bonchev–Trinajstić information content (AvgIpc) is 3.13. The lowest BCUT2D eigenvalue weighted by Crippen LogP contribution is -2.68. The largest absolute Gasteiger partial charge is 0.222 e. The minimum absolute atomic E-state index is 0.639. The molecule has 2 heterocycles. The van der Waals surface area contributed by atoms with E-state index in [4.69, 9.17) is 28.7 Å². The number of para-hydroxylation sites is 1. The average molecular weight is 413 g/mol. The van der Waals surface area contributed by atoms with Gasteiger partial charge in [0.1, 0.15) is 0 Å². The van der Waals surface area contributed by atoms with Gasteiger partial charge in [-0.1, -0.05) is 54.6 Å². The molecule has 4 aromatic rings. The summed E-state index contributed by atoms with van der Waals surface area (Å²) in [5.74, 6) is 1.64. The molecule has 0 spiro atoms. The van der Waals surface area contributed by atoms with Crippen LogP contribution < -0.4 is 23.2 Å². The van der Waals surface area contributed by atoms with Crippen LogP contribution in [-0.2, 0) is 6.54 Å². The topological polar surface area (TPSA) is 127 Å². The molecule has 4 rings (SSSR count). The highest BCUT2D eigenvalue weighted by molar-refractivity contribution is 5.57. The first-order valence-corrected chi connectivity index (χ1v) is 9.76. The lowest BCUT2D eigenvalue weighted by molar-refractivity contribution is -2.00. The molecule has 29 heavy (non-hydrogen) atoms. The van der Waals surface area contributed by atoms with E-state index in [0.29, 0.717) is 6.54 Å². The van der Waals surface area contributed by atoms with Crippen LogP contribution in [0, 0.1) is 10.2 Å². The molecule has 0 amide bonds. The van der Waals surface area contributed by atoms with Crippen molar-refractivity contribution in [2.45, 2.75) is 6.54 Å². The lowest BCUT2D eigenvalue weighted by atomic mass is 10.2. The van der Waals surface area contributed by atoms with Crippen molar-refractivity contribution >= 4 is 0 Å². The van der Waals surface area contributed by atoms with E-state index in [2.05, 4.69) is 16.7 Å². The van der Waals surface area contributed by atoms with E-state index < -0.39 is 10.2 Å². The van der Waals surface area contributed by atoms with Gasteiger partial charge in [-0.25, -0.2) is 28.3 Å². The van der Waals surface area contributed by atoms with Crippen molar-refractivity contribution < 1.29 is 33.4 Å². The molecule has 9 heteroatoms. The van der Waals surface area contributed by atoms with Gasteiger partial charge in [0.15, 0.2) is 18.2 Å². The van der Waals surface area contributed by atoms with Gasteiger partial charge in [-0.2, -0.15) is 4.57 Å². The Balaban J connectivity index is 0.000000431. The number of pyridine rings is 1. The Morgan fingerprint density at radius 1 is 0.759 bits per heavy atom. The van der Waals surface area contributed by atoms with Crippen molar-refractivity contribution in [1.82, 2.24) is 14.8 Å². The predicted molar refractivity (Wildman–Crippen MR) is 92.5 cm³/mol. The Bertz CT molecular complexity index is 960. The van der Waals surface area contributed by atoms with Crippen molar-refractivity contribution in [3.05, 3.63) is 97.1 Å². The minimum atomic E-state index is -4.94. The highest BCUT2D eigenvalue weighted by atomic mass is 35.7. The summed E-state index contributed by atoms with van der Waals surface area (Å²) in [7, 11) is -4.94. The summed E-state index contributed by atoms with van der Waals surface area (Å²) >= 11 is 0. The van der Waals surface area contributed by atoms with Gasteiger partial charge in [-0.15, -0.1) is 15.3 Å². The predicted octanol–water partition coefficient (Wildman–Crippen LogP) is -1.49. The van der Waals surface area contributed by atoms with E-state index in [-0.39, 0.29) is 0 Å². The zero-order valence-electron chi connectivity index (χ0n) is 15.2. The number of rotatable bonds is 4. The van der Waals surface area contributed by atoms with Crippen LogP contribution in [0.15, 0.2) is 91.3 Å². The van der Waals surface area contributed by atoms with E-state index in [9.17, 15) is 0 Å². The van der Waals surface area contributed by atoms with Crippen molar-refractivity contribution in [3.8, 4) is 17.1 Å². The molecule has 0 saturated heterocycles. The normalized spacial score (nSPS) is 10.9. The maximum atomic E-state index is 8.49. The first kappa shape index (κ1) is 20.6. The molecule has 0 bridgehead atoms. The Morgan fingerprint density at radius 2 is 1.28 bits per heavy atom. The summed E-state index contributed by atoms with van der Waals surface area (Å²) in [6.45, 7) is 0.639. The molecule has 2 aromatic heterocycles. The lowest BCUT2D eigenvalue weighted by Gasteiger charge is -2.17. The summed E-state index contributed by atoms with van der Waals surface area (Å²) in [4.78, 5) is 4.78. The quantitative estimate of drug-likeness (QED) is 0.376. The van der Waals surface area contributed by atoms with Crippen molar-refractivity contribution in [3.63, 3.8) is 0 Å². The van der Waals surface area contributed by atoms with Gasteiger partial charge in [0.05, 0.1) is 5.69 Å².